The molecule has 0 aromatic carbocycles. The number of unbranched alkanes of at least 4 members (excludes halogenated alkanes) is 1. The molecule has 0 aliphatic rings. The van der Waals surface area contributed by atoms with Crippen LogP contribution in [-0.2, 0) is 9.59 Å². The second kappa shape index (κ2) is 6.72. The van der Waals surface area contributed by atoms with E-state index in [4.69, 9.17) is 0 Å². The molecule has 1 N–H and O–H groups in total. The van der Waals surface area contributed by atoms with Crippen molar-refractivity contribution >= 4 is 12.1 Å². The van der Waals surface area contributed by atoms with Crippen LogP contribution in [0.15, 0.2) is 0 Å². The smallest absolute Gasteiger partial charge is 0.164 e. The van der Waals surface area contributed by atoms with Gasteiger partial charge >= 0.3 is 0 Å². The van der Waals surface area contributed by atoms with Crippen LogP contribution < -0.4 is 0 Å². The van der Waals surface area contributed by atoms with Crippen LogP contribution >= 0.6 is 0 Å². The van der Waals surface area contributed by atoms with Gasteiger partial charge in [0.1, 0.15) is 11.9 Å². The van der Waals surface area contributed by atoms with Crippen LogP contribution in [0.2, 0.25) is 0 Å². The minimum absolute atomic E-state index is 0.224. The van der Waals surface area contributed by atoms with Crippen LogP contribution in [0.5, 0.6) is 0 Å². The van der Waals surface area contributed by atoms with Crippen molar-refractivity contribution in [3.63, 3.8) is 0 Å². The van der Waals surface area contributed by atoms with Crippen LogP contribution in [0.3, 0.4) is 0 Å². The highest BCUT2D eigenvalue weighted by Crippen LogP contribution is 2.27. The van der Waals surface area contributed by atoms with E-state index in [0.29, 0.717) is 12.8 Å². The van der Waals surface area contributed by atoms with Crippen molar-refractivity contribution in [2.24, 2.45) is 5.92 Å². The number of aliphatic hydroxyl groups is 1. The minimum Gasteiger partial charge on any atom is -0.381 e. The van der Waals surface area contributed by atoms with Gasteiger partial charge in [-0.2, -0.15) is 0 Å². The van der Waals surface area contributed by atoms with Gasteiger partial charge < -0.3 is 9.90 Å². The Bertz CT molecular complexity index is 213. The molecule has 0 unspecified atom stereocenters. The molecular formula is C12H22O3. The quantitative estimate of drug-likeness (QED) is 0.630. The van der Waals surface area contributed by atoms with E-state index < -0.39 is 11.5 Å². The van der Waals surface area contributed by atoms with Gasteiger partial charge in [-0.3, -0.25) is 4.79 Å². The van der Waals surface area contributed by atoms with E-state index in [1.165, 1.54) is 0 Å². The summed E-state index contributed by atoms with van der Waals surface area (Å²) in [7, 11) is 0. The van der Waals surface area contributed by atoms with Crippen molar-refractivity contribution in [2.75, 3.05) is 0 Å². The molecule has 0 saturated carbocycles. The van der Waals surface area contributed by atoms with Crippen LogP contribution in [0, 0.1) is 5.92 Å². The fourth-order valence-electron chi connectivity index (χ4n) is 1.82. The lowest BCUT2D eigenvalue weighted by molar-refractivity contribution is -0.147. The van der Waals surface area contributed by atoms with Gasteiger partial charge in [0, 0.05) is 6.42 Å². The molecule has 0 amide bonds. The van der Waals surface area contributed by atoms with Gasteiger partial charge in [-0.1, -0.05) is 33.6 Å². The Hall–Kier alpha value is -0.700. The maximum atomic E-state index is 11.6. The number of hydrogen-bond donors (Lipinski definition) is 1. The van der Waals surface area contributed by atoms with E-state index in [0.717, 1.165) is 19.1 Å². The summed E-state index contributed by atoms with van der Waals surface area (Å²) < 4.78 is 0. The van der Waals surface area contributed by atoms with Crippen molar-refractivity contribution in [3.8, 4) is 0 Å². The Morgan fingerprint density at radius 2 is 2.00 bits per heavy atom. The predicted octanol–water partition coefficient (Wildman–Crippen LogP) is 2.11. The topological polar surface area (TPSA) is 54.4 Å². The first-order chi connectivity index (χ1) is 7.06. The highest BCUT2D eigenvalue weighted by Gasteiger charge is 2.40. The molecule has 0 radical (unpaired) electrons. The highest BCUT2D eigenvalue weighted by atomic mass is 16.3. The monoisotopic (exact) mass is 214 g/mol. The average molecular weight is 214 g/mol. The Kier molecular flexibility index (Phi) is 6.41. The SMILES string of the molecule is CCCC[C@@H](C=O)[C@](O)(CC)C(=O)CC. The molecule has 0 aromatic rings. The summed E-state index contributed by atoms with van der Waals surface area (Å²) in [5.74, 6) is -0.770. The first-order valence-corrected chi connectivity index (χ1v) is 5.77. The molecule has 0 saturated heterocycles. The minimum atomic E-state index is -1.44. The first-order valence-electron chi connectivity index (χ1n) is 5.77. The molecule has 3 nitrogen and oxygen atoms in total. The van der Waals surface area contributed by atoms with Gasteiger partial charge in [0.15, 0.2) is 5.78 Å². The zero-order valence-electron chi connectivity index (χ0n) is 9.95. The summed E-state index contributed by atoms with van der Waals surface area (Å²) in [5, 5.41) is 10.2. The van der Waals surface area contributed by atoms with E-state index in [-0.39, 0.29) is 12.2 Å². The number of hydrogen-bond acceptors (Lipinski definition) is 3. The molecule has 3 heteroatoms. The largest absolute Gasteiger partial charge is 0.381 e. The third-order valence-electron chi connectivity index (χ3n) is 2.99. The van der Waals surface area contributed by atoms with Gasteiger partial charge in [0.25, 0.3) is 0 Å². The molecule has 0 aromatic heterocycles. The summed E-state index contributed by atoms with van der Waals surface area (Å²) >= 11 is 0. The van der Waals surface area contributed by atoms with Gasteiger partial charge in [0.2, 0.25) is 0 Å². The summed E-state index contributed by atoms with van der Waals surface area (Å²) in [6, 6.07) is 0. The molecule has 2 atom stereocenters. The molecule has 0 aliphatic heterocycles. The number of carbonyl (C=O) groups is 2. The van der Waals surface area contributed by atoms with Crippen molar-refractivity contribution < 1.29 is 14.7 Å². The number of ketones is 1. The lowest BCUT2D eigenvalue weighted by Gasteiger charge is -2.30. The lowest BCUT2D eigenvalue weighted by Crippen LogP contribution is -2.46. The second-order valence-electron chi connectivity index (χ2n) is 3.94. The molecule has 88 valence electrons. The summed E-state index contributed by atoms with van der Waals surface area (Å²) in [4.78, 5) is 22.5. The van der Waals surface area contributed by atoms with Crippen molar-refractivity contribution in [1.29, 1.82) is 0 Å². The Labute approximate surface area is 91.9 Å². The van der Waals surface area contributed by atoms with Crippen LogP contribution in [0.25, 0.3) is 0 Å². The lowest BCUT2D eigenvalue weighted by atomic mass is 9.79. The summed E-state index contributed by atoms with van der Waals surface area (Å²) in [6.45, 7) is 5.48. The fraction of sp³-hybridized carbons (Fsp3) is 0.833. The van der Waals surface area contributed by atoms with Gasteiger partial charge in [-0.25, -0.2) is 0 Å². The van der Waals surface area contributed by atoms with Gasteiger partial charge in [-0.05, 0) is 12.8 Å². The number of rotatable bonds is 8. The normalized spacial score (nSPS) is 16.8. The Morgan fingerprint density at radius 3 is 2.33 bits per heavy atom. The van der Waals surface area contributed by atoms with Crippen molar-refractivity contribution in [2.45, 2.75) is 58.5 Å². The number of Topliss-reactive ketones (excluding diaryl/α,β-unsaturated/α-hetero) is 1. The molecule has 0 rings (SSSR count). The van der Waals surface area contributed by atoms with E-state index in [2.05, 4.69) is 0 Å². The standard InChI is InChI=1S/C12H22O3/c1-4-7-8-10(9-13)12(15,6-3)11(14)5-2/h9-10,15H,4-8H2,1-3H3/t10-,12+/m0/s1. The third-order valence-corrected chi connectivity index (χ3v) is 2.99. The summed E-state index contributed by atoms with van der Waals surface area (Å²) in [5.41, 5.74) is -1.44. The van der Waals surface area contributed by atoms with Crippen molar-refractivity contribution in [1.82, 2.24) is 0 Å². The predicted molar refractivity (Wildman–Crippen MR) is 59.6 cm³/mol. The van der Waals surface area contributed by atoms with Crippen LogP contribution in [0.1, 0.15) is 52.9 Å². The zero-order chi connectivity index (χ0) is 11.9. The molecule has 0 bridgehead atoms. The van der Waals surface area contributed by atoms with Gasteiger partial charge in [-0.15, -0.1) is 0 Å². The Morgan fingerprint density at radius 1 is 1.40 bits per heavy atom. The Balaban J connectivity index is 4.71. The van der Waals surface area contributed by atoms with E-state index in [9.17, 15) is 14.7 Å². The number of carbonyl (C=O) groups excluding carboxylic acids is 2. The first kappa shape index (κ1) is 14.3. The second-order valence-corrected chi connectivity index (χ2v) is 3.94. The van der Waals surface area contributed by atoms with Crippen LogP contribution in [-0.4, -0.2) is 22.8 Å². The molecule has 0 spiro atoms. The summed E-state index contributed by atoms with van der Waals surface area (Å²) in [6.07, 6.45) is 3.74. The molecule has 0 aliphatic carbocycles. The molecule has 0 heterocycles. The van der Waals surface area contributed by atoms with E-state index >= 15 is 0 Å². The van der Waals surface area contributed by atoms with Crippen molar-refractivity contribution in [3.05, 3.63) is 0 Å². The number of aldehydes is 1. The molecule has 15 heavy (non-hydrogen) atoms. The fourth-order valence-corrected chi connectivity index (χ4v) is 1.82. The molecular weight excluding hydrogens is 192 g/mol. The van der Waals surface area contributed by atoms with Crippen LogP contribution in [0.4, 0.5) is 0 Å². The maximum Gasteiger partial charge on any atom is 0.164 e. The average Bonchev–Trinajstić information content (AvgIpc) is 2.28. The highest BCUT2D eigenvalue weighted by molar-refractivity contribution is 5.89. The van der Waals surface area contributed by atoms with E-state index in [1.807, 2.05) is 6.92 Å². The van der Waals surface area contributed by atoms with E-state index in [1.54, 1.807) is 13.8 Å². The zero-order valence-corrected chi connectivity index (χ0v) is 9.95. The third kappa shape index (κ3) is 3.42. The van der Waals surface area contributed by atoms with Gasteiger partial charge in [0.05, 0.1) is 5.92 Å². The molecule has 0 fully saturated rings. The maximum absolute atomic E-state index is 11.6.